The highest BCUT2D eigenvalue weighted by Crippen LogP contribution is 2.36. The van der Waals surface area contributed by atoms with Gasteiger partial charge >= 0.3 is 6.18 Å². The number of anilines is 1. The van der Waals surface area contributed by atoms with Crippen molar-refractivity contribution in [2.75, 3.05) is 32.1 Å². The molecule has 0 atom stereocenters. The Balaban J connectivity index is 1.29. The molecule has 39 heavy (non-hydrogen) atoms. The van der Waals surface area contributed by atoms with Crippen LogP contribution >= 0.6 is 0 Å². The van der Waals surface area contributed by atoms with Crippen molar-refractivity contribution in [3.63, 3.8) is 0 Å². The minimum Gasteiger partial charge on any atom is -0.497 e. The third-order valence-corrected chi connectivity index (χ3v) is 7.21. The zero-order valence-electron chi connectivity index (χ0n) is 21.7. The summed E-state index contributed by atoms with van der Waals surface area (Å²) in [5.41, 5.74) is -0.00573. The van der Waals surface area contributed by atoms with E-state index >= 15 is 0 Å². The maximum absolute atomic E-state index is 13.9. The van der Waals surface area contributed by atoms with Crippen molar-refractivity contribution in [1.29, 1.82) is 0 Å². The molecule has 4 rings (SSSR count). The van der Waals surface area contributed by atoms with Crippen LogP contribution in [0.3, 0.4) is 0 Å². The molecular weight excluding hydrogens is 512 g/mol. The van der Waals surface area contributed by atoms with Crippen LogP contribution in [0.25, 0.3) is 0 Å². The lowest BCUT2D eigenvalue weighted by atomic mass is 9.83. The van der Waals surface area contributed by atoms with Gasteiger partial charge < -0.3 is 20.1 Å². The highest BCUT2D eigenvalue weighted by Gasteiger charge is 2.37. The van der Waals surface area contributed by atoms with E-state index in [0.29, 0.717) is 56.7 Å². The number of rotatable bonds is 10. The topological polar surface area (TPSA) is 61.8 Å². The molecule has 1 aliphatic rings. The summed E-state index contributed by atoms with van der Waals surface area (Å²) in [7, 11) is 1.59. The number of aliphatic hydroxyl groups is 1. The minimum absolute atomic E-state index is 0.107. The number of hydrogen-bond acceptors (Lipinski definition) is 5. The normalized spacial score (nSPS) is 15.6. The fourth-order valence-electron chi connectivity index (χ4n) is 4.86. The number of ketones is 1. The lowest BCUT2D eigenvalue weighted by Gasteiger charge is -2.38. The van der Waals surface area contributed by atoms with Gasteiger partial charge in [-0.05, 0) is 79.4 Å². The molecule has 1 heterocycles. The third-order valence-electron chi connectivity index (χ3n) is 7.21. The molecule has 1 fully saturated rings. The van der Waals surface area contributed by atoms with Crippen LogP contribution in [0, 0.1) is 5.82 Å². The van der Waals surface area contributed by atoms with Crippen molar-refractivity contribution in [2.45, 2.75) is 44.0 Å². The van der Waals surface area contributed by atoms with Crippen molar-refractivity contribution in [3.8, 4) is 5.75 Å². The molecule has 5 nitrogen and oxygen atoms in total. The van der Waals surface area contributed by atoms with Crippen LogP contribution in [0.5, 0.6) is 5.75 Å². The Bertz CT molecular complexity index is 1270. The highest BCUT2D eigenvalue weighted by atomic mass is 19.4. The number of ether oxygens (including phenoxy) is 1. The average molecular weight is 545 g/mol. The van der Waals surface area contributed by atoms with E-state index in [1.807, 2.05) is 24.3 Å². The van der Waals surface area contributed by atoms with Crippen molar-refractivity contribution >= 4 is 11.5 Å². The number of likely N-dealkylation sites (tertiary alicyclic amines) is 1. The zero-order valence-corrected chi connectivity index (χ0v) is 21.7. The van der Waals surface area contributed by atoms with E-state index in [-0.39, 0.29) is 17.8 Å². The van der Waals surface area contributed by atoms with E-state index < -0.39 is 23.2 Å². The molecule has 1 aliphatic heterocycles. The number of halogens is 4. The number of nitrogens with one attached hydrogen (secondary N) is 1. The van der Waals surface area contributed by atoms with Gasteiger partial charge in [0.1, 0.15) is 11.6 Å². The first kappa shape index (κ1) is 28.6. The van der Waals surface area contributed by atoms with Gasteiger partial charge in [0, 0.05) is 37.3 Å². The Labute approximate surface area is 225 Å². The minimum atomic E-state index is -4.46. The van der Waals surface area contributed by atoms with Gasteiger partial charge in [-0.1, -0.05) is 24.3 Å². The summed E-state index contributed by atoms with van der Waals surface area (Å²) in [5.74, 6) is 0.185. The van der Waals surface area contributed by atoms with E-state index in [4.69, 9.17) is 4.74 Å². The second-order valence-corrected chi connectivity index (χ2v) is 9.87. The predicted octanol–water partition coefficient (Wildman–Crippen LogP) is 6.41. The Morgan fingerprint density at radius 2 is 1.77 bits per heavy atom. The molecule has 9 heteroatoms. The maximum atomic E-state index is 13.9. The van der Waals surface area contributed by atoms with E-state index in [9.17, 15) is 27.5 Å². The largest absolute Gasteiger partial charge is 0.497 e. The van der Waals surface area contributed by atoms with Gasteiger partial charge in [-0.2, -0.15) is 13.2 Å². The van der Waals surface area contributed by atoms with Crippen LogP contribution in [0.4, 0.5) is 23.2 Å². The molecule has 0 radical (unpaired) electrons. The summed E-state index contributed by atoms with van der Waals surface area (Å²) in [5, 5.41) is 14.2. The van der Waals surface area contributed by atoms with E-state index in [1.165, 1.54) is 30.3 Å². The summed E-state index contributed by atoms with van der Waals surface area (Å²) in [4.78, 5) is 15.1. The van der Waals surface area contributed by atoms with Gasteiger partial charge in [-0.15, -0.1) is 0 Å². The summed E-state index contributed by atoms with van der Waals surface area (Å²) in [6, 6.07) is 16.4. The molecule has 2 N–H and O–H groups in total. The molecule has 3 aromatic rings. The molecule has 0 spiro atoms. The molecule has 0 saturated carbocycles. The average Bonchev–Trinajstić information content (AvgIpc) is 2.93. The fraction of sp³-hybridized carbons (Fsp3) is 0.367. The van der Waals surface area contributed by atoms with Crippen molar-refractivity contribution in [2.24, 2.45) is 0 Å². The Morgan fingerprint density at radius 1 is 1.05 bits per heavy atom. The highest BCUT2D eigenvalue weighted by molar-refractivity contribution is 6.01. The van der Waals surface area contributed by atoms with Gasteiger partial charge in [-0.3, -0.25) is 4.79 Å². The first-order chi connectivity index (χ1) is 18.6. The first-order valence-electron chi connectivity index (χ1n) is 12.9. The Hall–Kier alpha value is -3.43. The molecule has 1 saturated heterocycles. The molecule has 0 aliphatic carbocycles. The summed E-state index contributed by atoms with van der Waals surface area (Å²) in [6.07, 6.45) is -3.03. The van der Waals surface area contributed by atoms with E-state index in [2.05, 4.69) is 10.2 Å². The molecule has 208 valence electrons. The quantitative estimate of drug-likeness (QED) is 0.228. The second kappa shape index (κ2) is 12.2. The number of Topliss-reactive ketones (excluding diaryl/α,β-unsaturated/α-hetero) is 1. The lowest BCUT2D eigenvalue weighted by molar-refractivity contribution is -0.137. The molecule has 0 unspecified atom stereocenters. The van der Waals surface area contributed by atoms with Crippen molar-refractivity contribution < 1.29 is 32.2 Å². The standard InChI is InChI=1S/C30H32F4N2O3/c1-39-25-10-7-21(8-11-25)20-35-27-19-24(31)9-12-26(27)28(37)6-3-15-36-16-13-29(38,14-17-36)22-4-2-5-23(18-22)30(32,33)34/h2,4-5,7-12,18-19,35,38H,3,6,13-17,20H2,1H3. The Kier molecular flexibility index (Phi) is 8.92. The molecule has 0 amide bonds. The van der Waals surface area contributed by atoms with Gasteiger partial charge in [0.25, 0.3) is 0 Å². The van der Waals surface area contributed by atoms with Gasteiger partial charge in [0.2, 0.25) is 0 Å². The SMILES string of the molecule is COc1ccc(CNc2cc(F)ccc2C(=O)CCCN2CCC(O)(c3cccc(C(F)(F)F)c3)CC2)cc1. The number of carbonyl (C=O) groups is 1. The number of hydrogen-bond donors (Lipinski definition) is 2. The smallest absolute Gasteiger partial charge is 0.416 e. The number of benzene rings is 3. The molecule has 0 aromatic heterocycles. The first-order valence-corrected chi connectivity index (χ1v) is 12.9. The Morgan fingerprint density at radius 3 is 2.44 bits per heavy atom. The van der Waals surface area contributed by atoms with Crippen molar-refractivity contribution in [1.82, 2.24) is 4.90 Å². The lowest BCUT2D eigenvalue weighted by Crippen LogP contribution is -2.43. The van der Waals surface area contributed by atoms with Crippen LogP contribution < -0.4 is 10.1 Å². The molecule has 0 bridgehead atoms. The summed E-state index contributed by atoms with van der Waals surface area (Å²) in [6.45, 7) is 2.04. The number of piperidine rings is 1. The number of methoxy groups -OCH3 is 1. The number of nitrogens with zero attached hydrogens (tertiary/aromatic N) is 1. The summed E-state index contributed by atoms with van der Waals surface area (Å²) >= 11 is 0. The number of alkyl halides is 3. The van der Waals surface area contributed by atoms with Crippen molar-refractivity contribution in [3.05, 3.63) is 94.8 Å². The van der Waals surface area contributed by atoms with Gasteiger partial charge in [-0.25, -0.2) is 4.39 Å². The van der Waals surface area contributed by atoms with Gasteiger partial charge in [0.05, 0.1) is 18.3 Å². The third kappa shape index (κ3) is 7.36. The molecular formula is C30H32F4N2O3. The van der Waals surface area contributed by atoms with E-state index in [0.717, 1.165) is 23.4 Å². The predicted molar refractivity (Wildman–Crippen MR) is 141 cm³/mol. The summed E-state index contributed by atoms with van der Waals surface area (Å²) < 4.78 is 58.4. The maximum Gasteiger partial charge on any atom is 0.416 e. The van der Waals surface area contributed by atoms with Gasteiger partial charge in [0.15, 0.2) is 5.78 Å². The van der Waals surface area contributed by atoms with Crippen LogP contribution in [0.15, 0.2) is 66.7 Å². The second-order valence-electron chi connectivity index (χ2n) is 9.87. The van der Waals surface area contributed by atoms with E-state index in [1.54, 1.807) is 7.11 Å². The van der Waals surface area contributed by atoms with Crippen LogP contribution in [0.1, 0.15) is 52.7 Å². The zero-order chi connectivity index (χ0) is 28.0. The number of carbonyl (C=O) groups excluding carboxylic acids is 1. The fourth-order valence-corrected chi connectivity index (χ4v) is 4.86. The monoisotopic (exact) mass is 544 g/mol. The van der Waals surface area contributed by atoms with Crippen LogP contribution in [0.2, 0.25) is 0 Å². The molecule has 3 aromatic carbocycles. The van der Waals surface area contributed by atoms with Crippen LogP contribution in [-0.4, -0.2) is 42.5 Å². The van der Waals surface area contributed by atoms with Crippen LogP contribution in [-0.2, 0) is 18.3 Å².